The number of hydrogen-bond donors (Lipinski definition) is 1. The van der Waals surface area contributed by atoms with Gasteiger partial charge in [-0.3, -0.25) is 0 Å². The smallest absolute Gasteiger partial charge is 0.339 e. The second-order valence-electron chi connectivity index (χ2n) is 10.2. The van der Waals surface area contributed by atoms with Crippen LogP contribution in [-0.2, 0) is 4.52 Å². The van der Waals surface area contributed by atoms with Crippen LogP contribution in [0.25, 0.3) is 0 Å². The van der Waals surface area contributed by atoms with Crippen molar-refractivity contribution in [1.82, 2.24) is 0 Å². The molecule has 3 nitrogen and oxygen atoms in total. The molecular formula is C24H50NO2P. The minimum Gasteiger partial charge on any atom is -0.584 e. The van der Waals surface area contributed by atoms with Crippen molar-refractivity contribution in [2.24, 2.45) is 17.8 Å². The zero-order valence-electron chi connectivity index (χ0n) is 19.9. The Kier molecular flexibility index (Phi) is 16.8. The Labute approximate surface area is 177 Å². The van der Waals surface area contributed by atoms with Crippen molar-refractivity contribution in [2.75, 3.05) is 0 Å². The van der Waals surface area contributed by atoms with Gasteiger partial charge >= 0.3 is 8.17 Å². The number of nitrogens with one attached hydrogen (secondary N) is 1. The highest BCUT2D eigenvalue weighted by atomic mass is 31.1. The van der Waals surface area contributed by atoms with Gasteiger partial charge in [-0.2, -0.15) is 4.52 Å². The summed E-state index contributed by atoms with van der Waals surface area (Å²) in [5, 5.41) is 7.61. The highest BCUT2D eigenvalue weighted by Crippen LogP contribution is 2.38. The van der Waals surface area contributed by atoms with Gasteiger partial charge in [0.25, 0.3) is 0 Å². The van der Waals surface area contributed by atoms with E-state index in [2.05, 4.69) is 41.5 Å². The lowest BCUT2D eigenvalue weighted by molar-refractivity contribution is -0.188. The first-order chi connectivity index (χ1) is 13.2. The summed E-state index contributed by atoms with van der Waals surface area (Å²) in [5.41, 5.74) is -0.332. The average molecular weight is 416 g/mol. The van der Waals surface area contributed by atoms with E-state index in [0.29, 0.717) is 0 Å². The normalized spacial score (nSPS) is 13.1. The first-order valence-corrected chi connectivity index (χ1v) is 13.2. The van der Waals surface area contributed by atoms with Crippen LogP contribution in [0.4, 0.5) is 0 Å². The van der Waals surface area contributed by atoms with E-state index >= 15 is 0 Å². The Morgan fingerprint density at radius 3 is 1.29 bits per heavy atom. The summed E-state index contributed by atoms with van der Waals surface area (Å²) in [6, 6.07) is 0. The van der Waals surface area contributed by atoms with Gasteiger partial charge in [-0.1, -0.05) is 117 Å². The van der Waals surface area contributed by atoms with Gasteiger partial charge in [-0.05, 0) is 37.0 Å². The molecule has 1 N–H and O–H groups in total. The van der Waals surface area contributed by atoms with E-state index in [1.54, 1.807) is 0 Å². The lowest BCUT2D eigenvalue weighted by Gasteiger charge is -2.30. The fraction of sp³-hybridized carbons (Fsp3) is 1.00. The van der Waals surface area contributed by atoms with Crippen molar-refractivity contribution >= 4 is 8.17 Å². The van der Waals surface area contributed by atoms with Crippen LogP contribution in [0.1, 0.15) is 131 Å². The predicted molar refractivity (Wildman–Crippen MR) is 123 cm³/mol. The maximum atomic E-state index is 11.7. The fourth-order valence-electron chi connectivity index (χ4n) is 4.04. The lowest BCUT2D eigenvalue weighted by Crippen LogP contribution is -2.31. The Morgan fingerprint density at radius 2 is 0.964 bits per heavy atom. The summed E-state index contributed by atoms with van der Waals surface area (Å²) in [6.07, 6.45) is 16.3. The third-order valence-corrected chi connectivity index (χ3v) is 6.32. The SMILES string of the molecule is CC(C)CCCCCC(CCCCCC(C)C)(CCCCC(C)C)O[P+](=N)[O-]. The van der Waals surface area contributed by atoms with Crippen molar-refractivity contribution in [2.45, 2.75) is 137 Å². The van der Waals surface area contributed by atoms with Crippen molar-refractivity contribution in [3.8, 4) is 0 Å². The largest absolute Gasteiger partial charge is 0.584 e. The van der Waals surface area contributed by atoms with E-state index in [1.165, 1.54) is 51.4 Å². The number of hydrogen-bond acceptors (Lipinski definition) is 3. The molecule has 168 valence electrons. The molecule has 0 aromatic carbocycles. The monoisotopic (exact) mass is 415 g/mol. The van der Waals surface area contributed by atoms with E-state index in [0.717, 1.165) is 56.3 Å². The number of unbranched alkanes of at least 4 members (excludes halogenated alkanes) is 5. The lowest BCUT2D eigenvalue weighted by atomic mass is 9.84. The second-order valence-corrected chi connectivity index (χ2v) is 10.9. The molecule has 28 heavy (non-hydrogen) atoms. The minimum absolute atomic E-state index is 0.332. The van der Waals surface area contributed by atoms with Gasteiger partial charge in [-0.15, -0.1) is 0 Å². The molecular weight excluding hydrogens is 365 g/mol. The van der Waals surface area contributed by atoms with Gasteiger partial charge in [0.15, 0.2) is 0 Å². The highest BCUT2D eigenvalue weighted by Gasteiger charge is 2.34. The average Bonchev–Trinajstić information content (AvgIpc) is 2.57. The van der Waals surface area contributed by atoms with Crippen molar-refractivity contribution in [1.29, 1.82) is 5.16 Å². The molecule has 0 aliphatic heterocycles. The van der Waals surface area contributed by atoms with Gasteiger partial charge in [-0.25, -0.2) is 0 Å². The van der Waals surface area contributed by atoms with E-state index < -0.39 is 8.17 Å². The molecule has 0 spiro atoms. The second kappa shape index (κ2) is 16.8. The molecule has 0 saturated heterocycles. The Balaban J connectivity index is 4.72. The van der Waals surface area contributed by atoms with Gasteiger partial charge in [0.05, 0.1) is 0 Å². The highest BCUT2D eigenvalue weighted by molar-refractivity contribution is 7.31. The van der Waals surface area contributed by atoms with Crippen molar-refractivity contribution in [3.63, 3.8) is 0 Å². The molecule has 0 rings (SSSR count). The molecule has 0 aromatic rings. The van der Waals surface area contributed by atoms with E-state index in [4.69, 9.17) is 9.69 Å². The Morgan fingerprint density at radius 1 is 0.643 bits per heavy atom. The van der Waals surface area contributed by atoms with Gasteiger partial charge in [0.2, 0.25) is 0 Å². The fourth-order valence-corrected chi connectivity index (χ4v) is 4.67. The van der Waals surface area contributed by atoms with E-state index in [9.17, 15) is 4.89 Å². The zero-order chi connectivity index (χ0) is 21.4. The molecule has 0 fully saturated rings. The maximum Gasteiger partial charge on any atom is 0.339 e. The van der Waals surface area contributed by atoms with Crippen LogP contribution in [0.2, 0.25) is 0 Å². The maximum absolute atomic E-state index is 11.7. The van der Waals surface area contributed by atoms with Gasteiger partial charge < -0.3 is 4.89 Å². The van der Waals surface area contributed by atoms with Crippen LogP contribution in [0.3, 0.4) is 0 Å². The van der Waals surface area contributed by atoms with Crippen LogP contribution in [-0.4, -0.2) is 5.60 Å². The molecule has 0 saturated carbocycles. The minimum atomic E-state index is -2.29. The molecule has 0 bridgehead atoms. The standard InChI is InChI=1S/C24H50NO2P/c1-21(2)15-9-7-12-18-24(27-28(25)26,20-14-11-17-23(5)6)19-13-8-10-16-22(3)4/h21-23,25H,7-20H2,1-6H3. The first-order valence-electron chi connectivity index (χ1n) is 12.0. The van der Waals surface area contributed by atoms with Crippen molar-refractivity contribution < 1.29 is 9.42 Å². The van der Waals surface area contributed by atoms with Gasteiger partial charge in [0.1, 0.15) is 5.60 Å². The molecule has 0 amide bonds. The summed E-state index contributed by atoms with van der Waals surface area (Å²) in [4.78, 5) is 11.7. The van der Waals surface area contributed by atoms with Crippen LogP contribution in [0.15, 0.2) is 0 Å². The van der Waals surface area contributed by atoms with Gasteiger partial charge in [0, 0.05) is 0 Å². The summed E-state index contributed by atoms with van der Waals surface area (Å²) in [5.74, 6) is 2.26. The van der Waals surface area contributed by atoms with Crippen LogP contribution < -0.4 is 4.89 Å². The third-order valence-electron chi connectivity index (χ3n) is 5.77. The molecule has 0 aliphatic rings. The molecule has 0 radical (unpaired) electrons. The topological polar surface area (TPSA) is 56.1 Å². The summed E-state index contributed by atoms with van der Waals surface area (Å²) < 4.78 is 5.88. The van der Waals surface area contributed by atoms with E-state index in [-0.39, 0.29) is 5.60 Å². The zero-order valence-corrected chi connectivity index (χ0v) is 20.8. The molecule has 0 aliphatic carbocycles. The molecule has 1 atom stereocenters. The molecule has 0 heterocycles. The molecule has 4 heteroatoms. The van der Waals surface area contributed by atoms with Crippen LogP contribution in [0.5, 0.6) is 0 Å². The molecule has 1 unspecified atom stereocenters. The quantitative estimate of drug-likeness (QED) is 0.169. The van der Waals surface area contributed by atoms with E-state index in [1.807, 2.05) is 0 Å². The Hall–Kier alpha value is 0.0200. The Bertz CT molecular complexity index is 365. The molecule has 0 aromatic heterocycles. The van der Waals surface area contributed by atoms with Crippen LogP contribution in [0, 0.1) is 22.9 Å². The van der Waals surface area contributed by atoms with Crippen molar-refractivity contribution in [3.05, 3.63) is 0 Å². The summed E-state index contributed by atoms with van der Waals surface area (Å²) in [6.45, 7) is 13.7. The van der Waals surface area contributed by atoms with Crippen LogP contribution >= 0.6 is 8.17 Å². The number of rotatable bonds is 19. The predicted octanol–water partition coefficient (Wildman–Crippen LogP) is 8.61. The first kappa shape index (κ1) is 28.0. The summed E-state index contributed by atoms with van der Waals surface area (Å²) >= 11 is 0. The third kappa shape index (κ3) is 16.9. The summed E-state index contributed by atoms with van der Waals surface area (Å²) in [7, 11) is -2.29.